The van der Waals surface area contributed by atoms with Crippen LogP contribution in [0.1, 0.15) is 56.5 Å². The SMILES string of the molecule is C[C@@H](c1ccc(-c2cncc(C#N)n2)cc1)N1CC[C@](CC(C)(C)O)(c2ccc(F)cc2)OC1=O. The van der Waals surface area contributed by atoms with Crippen molar-refractivity contribution in [2.24, 2.45) is 0 Å². The third kappa shape index (κ3) is 5.31. The third-order valence-electron chi connectivity index (χ3n) is 6.27. The highest BCUT2D eigenvalue weighted by atomic mass is 19.1. The van der Waals surface area contributed by atoms with Crippen LogP contribution in [-0.2, 0) is 10.3 Å². The molecule has 8 heteroatoms. The molecular formula is C27H27FN4O3. The Hall–Kier alpha value is -3.83. The first-order chi connectivity index (χ1) is 16.6. The molecule has 4 rings (SSSR count). The average molecular weight is 475 g/mol. The third-order valence-corrected chi connectivity index (χ3v) is 6.27. The fourth-order valence-electron chi connectivity index (χ4n) is 4.57. The van der Waals surface area contributed by atoms with Crippen LogP contribution in [0.5, 0.6) is 0 Å². The van der Waals surface area contributed by atoms with Crippen molar-refractivity contribution in [3.63, 3.8) is 0 Å². The topological polar surface area (TPSA) is 99.3 Å². The first kappa shape index (κ1) is 24.3. The molecule has 2 aromatic carbocycles. The molecule has 35 heavy (non-hydrogen) atoms. The van der Waals surface area contributed by atoms with Gasteiger partial charge in [0.05, 0.1) is 29.7 Å². The molecule has 3 aromatic rings. The molecule has 7 nitrogen and oxygen atoms in total. The molecule has 1 aliphatic rings. The van der Waals surface area contributed by atoms with Crippen LogP contribution in [0.25, 0.3) is 11.3 Å². The lowest BCUT2D eigenvalue weighted by molar-refractivity contribution is -0.101. The molecule has 180 valence electrons. The van der Waals surface area contributed by atoms with Gasteiger partial charge in [-0.1, -0.05) is 36.4 Å². The lowest BCUT2D eigenvalue weighted by atomic mass is 9.80. The molecule has 0 aliphatic carbocycles. The van der Waals surface area contributed by atoms with Crippen LogP contribution in [0.15, 0.2) is 60.9 Å². The molecule has 0 unspecified atom stereocenters. The predicted octanol–water partition coefficient (Wildman–Crippen LogP) is 5.11. The normalized spacial score (nSPS) is 19.1. The molecule has 1 N–H and O–H groups in total. The number of amides is 1. The first-order valence-corrected chi connectivity index (χ1v) is 11.4. The van der Waals surface area contributed by atoms with Gasteiger partial charge in [0.15, 0.2) is 5.69 Å². The molecule has 0 bridgehead atoms. The molecule has 0 saturated carbocycles. The highest BCUT2D eigenvalue weighted by Gasteiger charge is 2.46. The number of aliphatic hydroxyl groups is 1. The predicted molar refractivity (Wildman–Crippen MR) is 127 cm³/mol. The molecule has 2 atom stereocenters. The summed E-state index contributed by atoms with van der Waals surface area (Å²) in [5.41, 5.74) is 1.08. The van der Waals surface area contributed by atoms with Gasteiger partial charge in [-0.2, -0.15) is 5.26 Å². The minimum absolute atomic E-state index is 0.192. The monoisotopic (exact) mass is 474 g/mol. The highest BCUT2D eigenvalue weighted by molar-refractivity contribution is 5.70. The van der Waals surface area contributed by atoms with E-state index in [2.05, 4.69) is 9.97 Å². The van der Waals surface area contributed by atoms with Gasteiger partial charge in [0.1, 0.15) is 17.5 Å². The first-order valence-electron chi connectivity index (χ1n) is 11.4. The van der Waals surface area contributed by atoms with Crippen LogP contribution in [-0.4, -0.2) is 38.2 Å². The van der Waals surface area contributed by atoms with Gasteiger partial charge in [-0.15, -0.1) is 0 Å². The average Bonchev–Trinajstić information content (AvgIpc) is 2.83. The fourth-order valence-corrected chi connectivity index (χ4v) is 4.57. The number of hydrogen-bond donors (Lipinski definition) is 1. The van der Waals surface area contributed by atoms with Crippen molar-refractivity contribution in [1.82, 2.24) is 14.9 Å². The van der Waals surface area contributed by atoms with E-state index >= 15 is 0 Å². The van der Waals surface area contributed by atoms with E-state index in [-0.39, 0.29) is 24.0 Å². The maximum atomic E-state index is 13.5. The molecule has 2 heterocycles. The number of aromatic nitrogens is 2. The van der Waals surface area contributed by atoms with Crippen LogP contribution in [0.4, 0.5) is 9.18 Å². The van der Waals surface area contributed by atoms with E-state index in [9.17, 15) is 14.3 Å². The van der Waals surface area contributed by atoms with Gasteiger partial charge in [0.2, 0.25) is 0 Å². The van der Waals surface area contributed by atoms with Gasteiger partial charge in [0.25, 0.3) is 0 Å². The number of cyclic esters (lactones) is 1. The molecule has 1 fully saturated rings. The van der Waals surface area contributed by atoms with Crippen molar-refractivity contribution >= 4 is 6.09 Å². The van der Waals surface area contributed by atoms with Crippen LogP contribution in [0.3, 0.4) is 0 Å². The second-order valence-corrected chi connectivity index (χ2v) is 9.50. The molecule has 0 radical (unpaired) electrons. The largest absolute Gasteiger partial charge is 0.438 e. The minimum atomic E-state index is -1.09. The molecular weight excluding hydrogens is 447 g/mol. The maximum absolute atomic E-state index is 13.5. The Kier molecular flexibility index (Phi) is 6.55. The fraction of sp³-hybridized carbons (Fsp3) is 0.333. The number of nitrogens with zero attached hydrogens (tertiary/aromatic N) is 4. The number of hydrogen-bond acceptors (Lipinski definition) is 6. The zero-order valence-corrected chi connectivity index (χ0v) is 19.9. The standard InChI is InChI=1S/C27H27FN4O3/c1-18(19-4-6-20(7-5-19)24-16-30-15-23(14-29)31-24)32-13-12-27(35-25(32)33,17-26(2,3)34)21-8-10-22(28)11-9-21/h4-11,15-16,18,34H,12-13,17H2,1-3H3/t18-,27-/m0/s1. The number of ether oxygens (including phenoxy) is 1. The van der Waals surface area contributed by atoms with Crippen molar-refractivity contribution < 1.29 is 19.0 Å². The van der Waals surface area contributed by atoms with Crippen LogP contribution >= 0.6 is 0 Å². The molecule has 1 amide bonds. The highest BCUT2D eigenvalue weighted by Crippen LogP contribution is 2.42. The lowest BCUT2D eigenvalue weighted by Gasteiger charge is -2.45. The molecule has 1 aliphatic heterocycles. The maximum Gasteiger partial charge on any atom is 0.411 e. The zero-order chi connectivity index (χ0) is 25.2. The Balaban J connectivity index is 1.54. The van der Waals surface area contributed by atoms with Gasteiger partial charge in [-0.25, -0.2) is 14.2 Å². The summed E-state index contributed by atoms with van der Waals surface area (Å²) in [6, 6.07) is 15.2. The second-order valence-electron chi connectivity index (χ2n) is 9.50. The van der Waals surface area contributed by atoms with Crippen LogP contribution < -0.4 is 0 Å². The number of halogens is 1. The molecule has 0 spiro atoms. The zero-order valence-electron chi connectivity index (χ0n) is 19.9. The summed E-state index contributed by atoms with van der Waals surface area (Å²) in [5.74, 6) is -0.377. The Morgan fingerprint density at radius 3 is 2.49 bits per heavy atom. The number of carbonyl (C=O) groups excluding carboxylic acids is 1. The van der Waals surface area contributed by atoms with Crippen LogP contribution in [0.2, 0.25) is 0 Å². The van der Waals surface area contributed by atoms with E-state index < -0.39 is 17.3 Å². The van der Waals surface area contributed by atoms with Crippen molar-refractivity contribution in [1.29, 1.82) is 5.26 Å². The minimum Gasteiger partial charge on any atom is -0.438 e. The quantitative estimate of drug-likeness (QED) is 0.533. The smallest absolute Gasteiger partial charge is 0.411 e. The van der Waals surface area contributed by atoms with Crippen molar-refractivity contribution in [2.45, 2.75) is 50.9 Å². The Morgan fingerprint density at radius 1 is 1.20 bits per heavy atom. The van der Waals surface area contributed by atoms with Crippen molar-refractivity contribution in [3.8, 4) is 17.3 Å². The Bertz CT molecular complexity index is 1250. The van der Waals surface area contributed by atoms with Crippen LogP contribution in [0, 0.1) is 17.1 Å². The van der Waals surface area contributed by atoms with E-state index in [1.807, 2.05) is 37.3 Å². The number of rotatable bonds is 6. The van der Waals surface area contributed by atoms with Gasteiger partial charge < -0.3 is 14.7 Å². The summed E-state index contributed by atoms with van der Waals surface area (Å²) in [6.45, 7) is 5.66. The van der Waals surface area contributed by atoms with E-state index in [1.54, 1.807) is 37.1 Å². The van der Waals surface area contributed by atoms with Gasteiger partial charge in [0, 0.05) is 24.9 Å². The van der Waals surface area contributed by atoms with Gasteiger partial charge in [-0.05, 0) is 44.0 Å². The summed E-state index contributed by atoms with van der Waals surface area (Å²) < 4.78 is 19.5. The Morgan fingerprint density at radius 2 is 1.89 bits per heavy atom. The van der Waals surface area contributed by atoms with E-state index in [0.29, 0.717) is 24.2 Å². The summed E-state index contributed by atoms with van der Waals surface area (Å²) in [4.78, 5) is 23.2. The van der Waals surface area contributed by atoms with E-state index in [1.165, 1.54) is 18.3 Å². The second kappa shape index (κ2) is 9.43. The van der Waals surface area contributed by atoms with E-state index in [4.69, 9.17) is 10.00 Å². The van der Waals surface area contributed by atoms with Crippen molar-refractivity contribution in [3.05, 3.63) is 83.6 Å². The Labute approximate surface area is 203 Å². The molecule has 1 aromatic heterocycles. The number of nitriles is 1. The van der Waals surface area contributed by atoms with Crippen molar-refractivity contribution in [2.75, 3.05) is 6.54 Å². The summed E-state index contributed by atoms with van der Waals surface area (Å²) in [5, 5.41) is 19.6. The summed E-state index contributed by atoms with van der Waals surface area (Å²) >= 11 is 0. The molecule has 1 saturated heterocycles. The number of carbonyl (C=O) groups is 1. The summed E-state index contributed by atoms with van der Waals surface area (Å²) in [7, 11) is 0. The van der Waals surface area contributed by atoms with Gasteiger partial charge >= 0.3 is 6.09 Å². The number of benzene rings is 2. The van der Waals surface area contributed by atoms with E-state index in [0.717, 1.165) is 11.1 Å². The summed E-state index contributed by atoms with van der Waals surface area (Å²) in [6.07, 6.45) is 3.16. The lowest BCUT2D eigenvalue weighted by Crippen LogP contribution is -2.51. The van der Waals surface area contributed by atoms with Gasteiger partial charge in [-0.3, -0.25) is 4.98 Å².